The first-order valence-corrected chi connectivity index (χ1v) is 7.63. The fourth-order valence-electron chi connectivity index (χ4n) is 1.93. The summed E-state index contributed by atoms with van der Waals surface area (Å²) < 4.78 is 5.57. The Balaban J connectivity index is 1.96. The summed E-state index contributed by atoms with van der Waals surface area (Å²) in [6.07, 6.45) is 1.52. The molecule has 0 aliphatic rings. The zero-order valence-electron chi connectivity index (χ0n) is 13.2. The first-order valence-electron chi connectivity index (χ1n) is 7.22. The van der Waals surface area contributed by atoms with Gasteiger partial charge >= 0.3 is 0 Å². The van der Waals surface area contributed by atoms with E-state index in [9.17, 15) is 4.79 Å². The van der Waals surface area contributed by atoms with Crippen molar-refractivity contribution in [3.05, 3.63) is 59.7 Å². The quantitative estimate of drug-likeness (QED) is 0.425. The van der Waals surface area contributed by atoms with Crippen LogP contribution in [0.3, 0.4) is 0 Å². The van der Waals surface area contributed by atoms with Gasteiger partial charge < -0.3 is 15.8 Å². The average molecular weight is 342 g/mol. The van der Waals surface area contributed by atoms with Gasteiger partial charge in [-0.3, -0.25) is 10.2 Å². The van der Waals surface area contributed by atoms with Crippen LogP contribution >= 0.6 is 12.2 Å². The maximum atomic E-state index is 12.0. The van der Waals surface area contributed by atoms with Gasteiger partial charge in [-0.15, -0.1) is 0 Å². The zero-order chi connectivity index (χ0) is 17.4. The Hall–Kier alpha value is -2.93. The number of nitrogens with zero attached hydrogens (tertiary/aromatic N) is 1. The molecule has 124 valence electrons. The molecule has 0 heterocycles. The maximum absolute atomic E-state index is 12.0. The normalized spacial score (nSPS) is 10.4. The van der Waals surface area contributed by atoms with Crippen LogP contribution in [0.1, 0.15) is 11.1 Å². The molecule has 0 saturated heterocycles. The van der Waals surface area contributed by atoms with E-state index < -0.39 is 0 Å². The number of rotatable bonds is 6. The minimum absolute atomic E-state index is 0.0715. The van der Waals surface area contributed by atoms with Crippen molar-refractivity contribution in [2.45, 2.75) is 6.92 Å². The predicted molar refractivity (Wildman–Crippen MR) is 99.3 cm³/mol. The molecule has 0 aromatic heterocycles. The Bertz CT molecular complexity index is 762. The van der Waals surface area contributed by atoms with E-state index in [0.29, 0.717) is 11.3 Å². The second-order valence-corrected chi connectivity index (χ2v) is 5.36. The SMILES string of the molecule is Cc1ccccc1NC(=O)COc1ccccc1/C=N/NC(N)=S. The summed E-state index contributed by atoms with van der Waals surface area (Å²) in [6.45, 7) is 1.82. The van der Waals surface area contributed by atoms with Crippen LogP contribution in [0.4, 0.5) is 5.69 Å². The average Bonchev–Trinajstić information content (AvgIpc) is 2.56. The molecule has 0 fully saturated rings. The number of nitrogens with one attached hydrogen (secondary N) is 2. The van der Waals surface area contributed by atoms with Gasteiger partial charge in [-0.05, 0) is 42.9 Å². The topological polar surface area (TPSA) is 88.7 Å². The number of anilines is 1. The van der Waals surface area contributed by atoms with Gasteiger partial charge in [0.05, 0.1) is 6.21 Å². The highest BCUT2D eigenvalue weighted by Gasteiger charge is 2.07. The van der Waals surface area contributed by atoms with Crippen LogP contribution in [0.25, 0.3) is 0 Å². The lowest BCUT2D eigenvalue weighted by molar-refractivity contribution is -0.118. The van der Waals surface area contributed by atoms with Gasteiger partial charge in [0, 0.05) is 11.3 Å². The van der Waals surface area contributed by atoms with Crippen molar-refractivity contribution in [2.24, 2.45) is 10.8 Å². The van der Waals surface area contributed by atoms with Crippen molar-refractivity contribution in [1.29, 1.82) is 0 Å². The molecular weight excluding hydrogens is 324 g/mol. The van der Waals surface area contributed by atoms with E-state index in [4.69, 9.17) is 10.5 Å². The number of nitrogens with two attached hydrogens (primary N) is 1. The Morgan fingerprint density at radius 1 is 1.25 bits per heavy atom. The molecular formula is C17H18N4O2S. The summed E-state index contributed by atoms with van der Waals surface area (Å²) in [4.78, 5) is 12.0. The number of ether oxygens (including phenoxy) is 1. The number of para-hydroxylation sites is 2. The minimum atomic E-state index is -0.239. The molecule has 0 saturated carbocycles. The van der Waals surface area contributed by atoms with E-state index >= 15 is 0 Å². The summed E-state index contributed by atoms with van der Waals surface area (Å²) in [5, 5.41) is 6.77. The molecule has 0 radical (unpaired) electrons. The Morgan fingerprint density at radius 2 is 1.96 bits per heavy atom. The third-order valence-electron chi connectivity index (χ3n) is 3.08. The maximum Gasteiger partial charge on any atom is 0.262 e. The highest BCUT2D eigenvalue weighted by Crippen LogP contribution is 2.16. The number of hydrogen-bond acceptors (Lipinski definition) is 4. The van der Waals surface area contributed by atoms with E-state index in [1.54, 1.807) is 12.1 Å². The van der Waals surface area contributed by atoms with E-state index in [1.807, 2.05) is 43.3 Å². The van der Waals surface area contributed by atoms with Gasteiger partial charge in [-0.25, -0.2) is 0 Å². The van der Waals surface area contributed by atoms with Crippen LogP contribution in [0.15, 0.2) is 53.6 Å². The summed E-state index contributed by atoms with van der Waals surface area (Å²) >= 11 is 4.67. The highest BCUT2D eigenvalue weighted by molar-refractivity contribution is 7.80. The highest BCUT2D eigenvalue weighted by atomic mass is 32.1. The molecule has 0 aliphatic carbocycles. The third-order valence-corrected chi connectivity index (χ3v) is 3.17. The molecule has 2 aromatic carbocycles. The number of carbonyl (C=O) groups excluding carboxylic acids is 1. The third kappa shape index (κ3) is 5.36. The van der Waals surface area contributed by atoms with E-state index in [1.165, 1.54) is 6.21 Å². The van der Waals surface area contributed by atoms with Crippen molar-refractivity contribution in [3.63, 3.8) is 0 Å². The van der Waals surface area contributed by atoms with Crippen LogP contribution in [0.2, 0.25) is 0 Å². The largest absolute Gasteiger partial charge is 0.483 e. The molecule has 0 bridgehead atoms. The van der Waals surface area contributed by atoms with Gasteiger partial charge in [0.1, 0.15) is 5.75 Å². The van der Waals surface area contributed by atoms with Crippen molar-refractivity contribution < 1.29 is 9.53 Å². The lowest BCUT2D eigenvalue weighted by Crippen LogP contribution is -2.24. The lowest BCUT2D eigenvalue weighted by atomic mass is 10.2. The molecule has 24 heavy (non-hydrogen) atoms. The number of thiocarbonyl (C=S) groups is 1. The van der Waals surface area contributed by atoms with Crippen LogP contribution in [0.5, 0.6) is 5.75 Å². The summed E-state index contributed by atoms with van der Waals surface area (Å²) in [5.41, 5.74) is 10.2. The molecule has 0 aliphatic heterocycles. The van der Waals surface area contributed by atoms with E-state index in [-0.39, 0.29) is 17.6 Å². The summed E-state index contributed by atoms with van der Waals surface area (Å²) in [5.74, 6) is 0.295. The molecule has 1 amide bonds. The monoisotopic (exact) mass is 342 g/mol. The summed E-state index contributed by atoms with van der Waals surface area (Å²) in [6, 6.07) is 14.8. The minimum Gasteiger partial charge on any atom is -0.483 e. The van der Waals surface area contributed by atoms with E-state index in [2.05, 4.69) is 28.1 Å². The van der Waals surface area contributed by atoms with Crippen LogP contribution in [-0.4, -0.2) is 23.8 Å². The van der Waals surface area contributed by atoms with Crippen molar-refractivity contribution in [2.75, 3.05) is 11.9 Å². The molecule has 0 unspecified atom stereocenters. The van der Waals surface area contributed by atoms with Crippen LogP contribution in [0, 0.1) is 6.92 Å². The number of hydrogen-bond donors (Lipinski definition) is 3. The van der Waals surface area contributed by atoms with Gasteiger partial charge in [-0.1, -0.05) is 30.3 Å². The molecule has 0 atom stereocenters. The zero-order valence-corrected chi connectivity index (χ0v) is 14.0. The van der Waals surface area contributed by atoms with Gasteiger partial charge in [0.15, 0.2) is 11.7 Å². The smallest absolute Gasteiger partial charge is 0.262 e. The molecule has 2 rings (SSSR count). The van der Waals surface area contributed by atoms with E-state index in [0.717, 1.165) is 11.3 Å². The van der Waals surface area contributed by atoms with Crippen LogP contribution < -0.4 is 21.2 Å². The van der Waals surface area contributed by atoms with Gasteiger partial charge in [0.2, 0.25) is 0 Å². The number of benzene rings is 2. The fourth-order valence-corrected chi connectivity index (χ4v) is 1.98. The molecule has 0 spiro atoms. The summed E-state index contributed by atoms with van der Waals surface area (Å²) in [7, 11) is 0. The van der Waals surface area contributed by atoms with Crippen LogP contribution in [-0.2, 0) is 4.79 Å². The molecule has 4 N–H and O–H groups in total. The Morgan fingerprint density at radius 3 is 2.71 bits per heavy atom. The van der Waals surface area contributed by atoms with Gasteiger partial charge in [0.25, 0.3) is 5.91 Å². The second-order valence-electron chi connectivity index (χ2n) is 4.92. The first-order chi connectivity index (χ1) is 11.6. The van der Waals surface area contributed by atoms with Crippen molar-refractivity contribution >= 4 is 35.1 Å². The van der Waals surface area contributed by atoms with Crippen molar-refractivity contribution in [3.8, 4) is 5.75 Å². The second kappa shape index (κ2) is 8.64. The standard InChI is InChI=1S/C17H18N4O2S/c1-12-6-2-4-8-14(12)20-16(22)11-23-15-9-5-3-7-13(15)10-19-21-17(18)24/h2-10H,11H2,1H3,(H,20,22)(H3,18,21,24)/b19-10+. The number of amides is 1. The molecule has 6 nitrogen and oxygen atoms in total. The fraction of sp³-hybridized carbons (Fsp3) is 0.118. The van der Waals surface area contributed by atoms with Gasteiger partial charge in [-0.2, -0.15) is 5.10 Å². The number of carbonyl (C=O) groups is 1. The number of hydrazone groups is 1. The molecule has 7 heteroatoms. The predicted octanol–water partition coefficient (Wildman–Crippen LogP) is 2.18. The Kier molecular flexibility index (Phi) is 6.27. The Labute approximate surface area is 145 Å². The first kappa shape index (κ1) is 17.4. The molecule has 2 aromatic rings. The lowest BCUT2D eigenvalue weighted by Gasteiger charge is -2.10. The van der Waals surface area contributed by atoms with Crippen molar-refractivity contribution in [1.82, 2.24) is 5.43 Å². The number of aryl methyl sites for hydroxylation is 1.